The Kier molecular flexibility index (Phi) is 3.69. The Balaban J connectivity index is 2.06. The van der Waals surface area contributed by atoms with Crippen molar-refractivity contribution in [3.63, 3.8) is 0 Å². The highest BCUT2D eigenvalue weighted by Gasteiger charge is 2.16. The number of nitrogens with one attached hydrogen (secondary N) is 2. The molecule has 0 saturated carbocycles. The Bertz CT molecular complexity index is 563. The zero-order valence-corrected chi connectivity index (χ0v) is 9.69. The Labute approximate surface area is 106 Å². The van der Waals surface area contributed by atoms with Gasteiger partial charge >= 0.3 is 0 Å². The number of anilines is 1. The van der Waals surface area contributed by atoms with E-state index in [1.165, 1.54) is 6.33 Å². The van der Waals surface area contributed by atoms with Crippen LogP contribution in [0.1, 0.15) is 5.69 Å². The highest BCUT2D eigenvalue weighted by atomic mass is 19.1. The molecule has 1 aromatic carbocycles. The predicted molar refractivity (Wildman–Crippen MR) is 63.8 cm³/mol. The number of nitrogens with zero attached hydrogens (tertiary/aromatic N) is 2. The van der Waals surface area contributed by atoms with E-state index in [0.29, 0.717) is 18.6 Å². The minimum Gasteiger partial charge on any atom is -0.380 e. The van der Waals surface area contributed by atoms with Crippen molar-refractivity contribution >= 4 is 11.4 Å². The lowest BCUT2D eigenvalue weighted by atomic mass is 10.2. The number of aromatic nitrogens is 2. The van der Waals surface area contributed by atoms with Crippen LogP contribution in [0.3, 0.4) is 0 Å². The first-order valence-electron chi connectivity index (χ1n) is 5.42. The average molecular weight is 268 g/mol. The first-order chi connectivity index (χ1) is 9.08. The van der Waals surface area contributed by atoms with Gasteiger partial charge in [-0.2, -0.15) is 0 Å². The van der Waals surface area contributed by atoms with E-state index in [4.69, 9.17) is 0 Å². The molecule has 0 radical (unpaired) electrons. The van der Waals surface area contributed by atoms with Crippen molar-refractivity contribution in [2.45, 2.75) is 6.42 Å². The van der Waals surface area contributed by atoms with Crippen molar-refractivity contribution in [3.05, 3.63) is 52.1 Å². The first kappa shape index (κ1) is 12.9. The van der Waals surface area contributed by atoms with E-state index in [1.807, 2.05) is 0 Å². The lowest BCUT2D eigenvalue weighted by Crippen LogP contribution is -2.09. The fourth-order valence-corrected chi connectivity index (χ4v) is 1.58. The molecule has 0 aliphatic rings. The van der Waals surface area contributed by atoms with Crippen molar-refractivity contribution in [1.29, 1.82) is 0 Å². The number of hydrogen-bond donors (Lipinski definition) is 2. The number of non-ortho nitro benzene ring substituents is 1. The molecule has 0 fully saturated rings. The summed E-state index contributed by atoms with van der Waals surface area (Å²) < 4.78 is 27.0. The fourth-order valence-electron chi connectivity index (χ4n) is 1.58. The van der Waals surface area contributed by atoms with Gasteiger partial charge in [0.15, 0.2) is 11.6 Å². The quantitative estimate of drug-likeness (QED) is 0.643. The number of imidazole rings is 1. The van der Waals surface area contributed by atoms with Crippen LogP contribution in [-0.4, -0.2) is 21.4 Å². The summed E-state index contributed by atoms with van der Waals surface area (Å²) in [6, 6.07) is 1.36. The summed E-state index contributed by atoms with van der Waals surface area (Å²) in [6.45, 7) is 0.272. The molecule has 0 aliphatic heterocycles. The molecule has 0 amide bonds. The number of aromatic amines is 1. The van der Waals surface area contributed by atoms with Gasteiger partial charge in [-0.1, -0.05) is 0 Å². The lowest BCUT2D eigenvalue weighted by molar-refractivity contribution is -0.385. The molecule has 2 aromatic rings. The van der Waals surface area contributed by atoms with Gasteiger partial charge in [0.25, 0.3) is 5.69 Å². The van der Waals surface area contributed by atoms with E-state index in [0.717, 1.165) is 5.69 Å². The minimum absolute atomic E-state index is 0.272. The average Bonchev–Trinajstić information content (AvgIpc) is 2.85. The molecule has 1 aromatic heterocycles. The predicted octanol–water partition coefficient (Wildman–Crippen LogP) is 2.25. The second-order valence-electron chi connectivity index (χ2n) is 3.80. The molecule has 2 rings (SSSR count). The molecule has 0 bridgehead atoms. The maximum atomic E-state index is 13.5. The number of rotatable bonds is 5. The standard InChI is InChI=1S/C11H10F2N4O2/c12-9-3-8(17(18)19)4-10(13)11(9)15-2-1-7-5-14-6-16-7/h3-6,15H,1-2H2,(H,14,16). The summed E-state index contributed by atoms with van der Waals surface area (Å²) in [5.41, 5.74) is -0.172. The van der Waals surface area contributed by atoms with Gasteiger partial charge in [-0.15, -0.1) is 0 Å². The van der Waals surface area contributed by atoms with Crippen molar-refractivity contribution in [2.75, 3.05) is 11.9 Å². The molecule has 8 heteroatoms. The van der Waals surface area contributed by atoms with Crippen LogP contribution in [0.15, 0.2) is 24.7 Å². The number of nitro benzene ring substituents is 1. The summed E-state index contributed by atoms with van der Waals surface area (Å²) in [5.74, 6) is -1.98. The smallest absolute Gasteiger partial charge is 0.275 e. The molecular formula is C11H10F2N4O2. The zero-order chi connectivity index (χ0) is 13.8. The van der Waals surface area contributed by atoms with Gasteiger partial charge in [0.1, 0.15) is 5.69 Å². The minimum atomic E-state index is -0.990. The third-order valence-electron chi connectivity index (χ3n) is 2.49. The molecule has 0 unspecified atom stereocenters. The first-order valence-corrected chi connectivity index (χ1v) is 5.42. The van der Waals surface area contributed by atoms with Crippen molar-refractivity contribution < 1.29 is 13.7 Å². The van der Waals surface area contributed by atoms with Crippen molar-refractivity contribution in [3.8, 4) is 0 Å². The second-order valence-corrected chi connectivity index (χ2v) is 3.80. The van der Waals surface area contributed by atoms with Gasteiger partial charge in [0.05, 0.1) is 23.4 Å². The third-order valence-corrected chi connectivity index (χ3v) is 2.49. The summed E-state index contributed by atoms with van der Waals surface area (Å²) in [6.07, 6.45) is 3.60. The van der Waals surface area contributed by atoms with Crippen LogP contribution in [-0.2, 0) is 6.42 Å². The van der Waals surface area contributed by atoms with E-state index in [9.17, 15) is 18.9 Å². The molecular weight excluding hydrogens is 258 g/mol. The zero-order valence-electron chi connectivity index (χ0n) is 9.69. The summed E-state index contributed by atoms with van der Waals surface area (Å²) >= 11 is 0. The maximum absolute atomic E-state index is 13.5. The van der Waals surface area contributed by atoms with Crippen molar-refractivity contribution in [1.82, 2.24) is 9.97 Å². The lowest BCUT2D eigenvalue weighted by Gasteiger charge is -2.07. The highest BCUT2D eigenvalue weighted by molar-refractivity contribution is 5.51. The molecule has 0 atom stereocenters. The summed E-state index contributed by atoms with van der Waals surface area (Å²) in [5, 5.41) is 13.0. The van der Waals surface area contributed by atoms with Gasteiger partial charge in [-0.3, -0.25) is 10.1 Å². The maximum Gasteiger partial charge on any atom is 0.275 e. The fraction of sp³-hybridized carbons (Fsp3) is 0.182. The van der Waals surface area contributed by atoms with Crippen LogP contribution in [0.2, 0.25) is 0 Å². The van der Waals surface area contributed by atoms with E-state index < -0.39 is 22.2 Å². The number of benzene rings is 1. The van der Waals surface area contributed by atoms with Gasteiger partial charge in [0, 0.05) is 24.9 Å². The molecule has 100 valence electrons. The SMILES string of the molecule is O=[N+]([O-])c1cc(F)c(NCCc2cnc[nH]2)c(F)c1. The van der Waals surface area contributed by atoms with Crippen LogP contribution in [0.4, 0.5) is 20.2 Å². The summed E-state index contributed by atoms with van der Waals surface area (Å²) in [7, 11) is 0. The van der Waals surface area contributed by atoms with Gasteiger partial charge < -0.3 is 10.3 Å². The third kappa shape index (κ3) is 3.03. The molecule has 0 spiro atoms. The van der Waals surface area contributed by atoms with Crippen molar-refractivity contribution in [2.24, 2.45) is 0 Å². The Morgan fingerprint density at radius 1 is 1.37 bits per heavy atom. The second kappa shape index (κ2) is 5.42. The number of nitro groups is 1. The Morgan fingerprint density at radius 2 is 2.05 bits per heavy atom. The normalized spacial score (nSPS) is 10.4. The molecule has 19 heavy (non-hydrogen) atoms. The molecule has 0 saturated heterocycles. The number of halogens is 2. The summed E-state index contributed by atoms with van der Waals surface area (Å²) in [4.78, 5) is 16.2. The van der Waals surface area contributed by atoms with Crippen LogP contribution < -0.4 is 5.32 Å². The van der Waals surface area contributed by atoms with Crippen LogP contribution in [0.25, 0.3) is 0 Å². The van der Waals surface area contributed by atoms with E-state index in [1.54, 1.807) is 6.20 Å². The van der Waals surface area contributed by atoms with Gasteiger partial charge in [-0.05, 0) is 0 Å². The number of H-pyrrole nitrogens is 1. The van der Waals surface area contributed by atoms with Gasteiger partial charge in [-0.25, -0.2) is 13.8 Å². The van der Waals surface area contributed by atoms with Crippen LogP contribution >= 0.6 is 0 Å². The van der Waals surface area contributed by atoms with Crippen LogP contribution in [0.5, 0.6) is 0 Å². The Hall–Kier alpha value is -2.51. The van der Waals surface area contributed by atoms with E-state index in [2.05, 4.69) is 15.3 Å². The monoisotopic (exact) mass is 268 g/mol. The highest BCUT2D eigenvalue weighted by Crippen LogP contribution is 2.24. The molecule has 0 aliphatic carbocycles. The van der Waals surface area contributed by atoms with Crippen LogP contribution in [0, 0.1) is 21.7 Å². The van der Waals surface area contributed by atoms with E-state index >= 15 is 0 Å². The van der Waals surface area contributed by atoms with Gasteiger partial charge in [0.2, 0.25) is 0 Å². The Morgan fingerprint density at radius 3 is 2.58 bits per heavy atom. The topological polar surface area (TPSA) is 83.8 Å². The largest absolute Gasteiger partial charge is 0.380 e. The molecule has 6 nitrogen and oxygen atoms in total. The van der Waals surface area contributed by atoms with E-state index in [-0.39, 0.29) is 12.2 Å². The molecule has 2 N–H and O–H groups in total. The number of hydrogen-bond acceptors (Lipinski definition) is 4. The molecule has 1 heterocycles.